The molecule has 2 aliphatic heterocycles. The van der Waals surface area contributed by atoms with Crippen LogP contribution in [0.4, 0.5) is 0 Å². The molecule has 1 aromatic heterocycles. The molecular formula is C29H28N2O7S. The second kappa shape index (κ2) is 11.2. The molecule has 9 nitrogen and oxygen atoms in total. The number of ether oxygens (including phenoxy) is 5. The van der Waals surface area contributed by atoms with E-state index in [1.54, 1.807) is 38.1 Å². The van der Waals surface area contributed by atoms with E-state index < -0.39 is 12.0 Å². The van der Waals surface area contributed by atoms with E-state index in [2.05, 4.69) is 11.6 Å². The average Bonchev–Trinajstić information content (AvgIpc) is 3.51. The highest BCUT2D eigenvalue weighted by atomic mass is 32.1. The van der Waals surface area contributed by atoms with Gasteiger partial charge in [-0.15, -0.1) is 0 Å². The number of hydrogen-bond acceptors (Lipinski definition) is 9. The van der Waals surface area contributed by atoms with Crippen molar-refractivity contribution < 1.29 is 28.5 Å². The number of fused-ring (bicyclic) bond motifs is 2. The predicted molar refractivity (Wildman–Crippen MR) is 146 cm³/mol. The van der Waals surface area contributed by atoms with Gasteiger partial charge in [0.2, 0.25) is 6.79 Å². The van der Waals surface area contributed by atoms with E-state index in [0.29, 0.717) is 62.4 Å². The van der Waals surface area contributed by atoms with Gasteiger partial charge in [0.1, 0.15) is 6.61 Å². The summed E-state index contributed by atoms with van der Waals surface area (Å²) in [5.41, 5.74) is 1.95. The molecule has 0 radical (unpaired) electrons. The molecule has 0 bridgehead atoms. The lowest BCUT2D eigenvalue weighted by Gasteiger charge is -2.25. The van der Waals surface area contributed by atoms with Crippen molar-refractivity contribution in [2.45, 2.75) is 26.8 Å². The molecule has 0 saturated carbocycles. The smallest absolute Gasteiger partial charge is 0.338 e. The Morgan fingerprint density at radius 3 is 2.72 bits per heavy atom. The molecule has 0 N–H and O–H groups in total. The average molecular weight is 549 g/mol. The van der Waals surface area contributed by atoms with Crippen molar-refractivity contribution in [3.8, 4) is 23.0 Å². The van der Waals surface area contributed by atoms with Crippen LogP contribution in [0.5, 0.6) is 23.0 Å². The van der Waals surface area contributed by atoms with Crippen LogP contribution in [0.3, 0.4) is 0 Å². The fraction of sp³-hybridized carbons (Fsp3) is 0.276. The quantitative estimate of drug-likeness (QED) is 0.298. The summed E-state index contributed by atoms with van der Waals surface area (Å²) >= 11 is 1.25. The van der Waals surface area contributed by atoms with Gasteiger partial charge in [-0.1, -0.05) is 36.1 Å². The maximum atomic E-state index is 13.9. The molecule has 5 rings (SSSR count). The second-order valence-corrected chi connectivity index (χ2v) is 9.66. The minimum Gasteiger partial charge on any atom is -0.490 e. The Labute approximate surface area is 228 Å². The van der Waals surface area contributed by atoms with E-state index in [4.69, 9.17) is 23.7 Å². The summed E-state index contributed by atoms with van der Waals surface area (Å²) in [5.74, 6) is 1.79. The third-order valence-electron chi connectivity index (χ3n) is 6.15. The third kappa shape index (κ3) is 5.07. The van der Waals surface area contributed by atoms with Gasteiger partial charge < -0.3 is 23.7 Å². The minimum atomic E-state index is -0.771. The summed E-state index contributed by atoms with van der Waals surface area (Å²) in [6.45, 7) is 10.1. The molecular weight excluding hydrogens is 520 g/mol. The fourth-order valence-electron chi connectivity index (χ4n) is 4.49. The van der Waals surface area contributed by atoms with E-state index >= 15 is 0 Å². The van der Waals surface area contributed by atoms with Crippen molar-refractivity contribution >= 4 is 23.4 Å². The molecule has 0 aliphatic carbocycles. The first-order chi connectivity index (χ1) is 18.9. The van der Waals surface area contributed by atoms with Crippen LogP contribution in [0.1, 0.15) is 37.9 Å². The Bertz CT molecular complexity index is 1650. The number of allylic oxidation sites excluding steroid dienone is 1. The number of rotatable bonds is 9. The zero-order chi connectivity index (χ0) is 27.5. The Kier molecular flexibility index (Phi) is 7.56. The van der Waals surface area contributed by atoms with E-state index in [9.17, 15) is 9.59 Å². The first kappa shape index (κ1) is 26.3. The standard InChI is InChI=1S/C29H28N2O7S/c1-5-12-36-20-11-9-19(15-23(20)34-6-2)26-25(28(33)35-7-3)17(4)30-29-31(26)27(32)24(39-29)14-18-8-10-21-22(13-18)38-16-37-21/h5,8-11,13-15,26H,1,6-7,12,16H2,2-4H3/b24-14-. The first-order valence-electron chi connectivity index (χ1n) is 12.5. The molecule has 1 unspecified atom stereocenters. The van der Waals surface area contributed by atoms with Crippen molar-refractivity contribution in [3.05, 3.63) is 91.1 Å². The number of hydrogen-bond donors (Lipinski definition) is 0. The number of benzene rings is 2. The van der Waals surface area contributed by atoms with Crippen molar-refractivity contribution in [1.29, 1.82) is 0 Å². The molecule has 0 spiro atoms. The van der Waals surface area contributed by atoms with Crippen LogP contribution in [0.15, 0.2) is 70.1 Å². The van der Waals surface area contributed by atoms with Gasteiger partial charge in [0.25, 0.3) is 5.56 Å². The van der Waals surface area contributed by atoms with Crippen LogP contribution < -0.4 is 33.8 Å². The summed E-state index contributed by atoms with van der Waals surface area (Å²) in [6.07, 6.45) is 3.43. The summed E-state index contributed by atoms with van der Waals surface area (Å²) in [4.78, 5) is 32.2. The lowest BCUT2D eigenvalue weighted by Crippen LogP contribution is -2.40. The topological polar surface area (TPSA) is 97.6 Å². The zero-order valence-electron chi connectivity index (χ0n) is 21.9. The van der Waals surface area contributed by atoms with E-state index in [1.807, 2.05) is 31.2 Å². The van der Waals surface area contributed by atoms with Crippen LogP contribution in [0, 0.1) is 0 Å². The lowest BCUT2D eigenvalue weighted by atomic mass is 9.95. The van der Waals surface area contributed by atoms with Gasteiger partial charge in [-0.25, -0.2) is 9.79 Å². The molecule has 0 amide bonds. The highest BCUT2D eigenvalue weighted by Crippen LogP contribution is 2.36. The van der Waals surface area contributed by atoms with Crippen molar-refractivity contribution in [2.24, 2.45) is 4.99 Å². The molecule has 202 valence electrons. The maximum absolute atomic E-state index is 13.9. The summed E-state index contributed by atoms with van der Waals surface area (Å²) in [6, 6.07) is 10.1. The molecule has 0 fully saturated rings. The molecule has 2 aromatic carbocycles. The monoisotopic (exact) mass is 548 g/mol. The molecule has 0 saturated heterocycles. The largest absolute Gasteiger partial charge is 0.490 e. The molecule has 2 aliphatic rings. The lowest BCUT2D eigenvalue weighted by molar-refractivity contribution is -0.139. The molecule has 1 atom stereocenters. The maximum Gasteiger partial charge on any atom is 0.338 e. The van der Waals surface area contributed by atoms with Gasteiger partial charge in [0.05, 0.1) is 35.1 Å². The van der Waals surface area contributed by atoms with Crippen LogP contribution in [0.25, 0.3) is 6.08 Å². The van der Waals surface area contributed by atoms with Gasteiger partial charge in [0, 0.05) is 0 Å². The van der Waals surface area contributed by atoms with Gasteiger partial charge in [-0.2, -0.15) is 0 Å². The van der Waals surface area contributed by atoms with Crippen molar-refractivity contribution in [1.82, 2.24) is 4.57 Å². The predicted octanol–water partition coefficient (Wildman–Crippen LogP) is 3.49. The van der Waals surface area contributed by atoms with Crippen molar-refractivity contribution in [2.75, 3.05) is 26.6 Å². The van der Waals surface area contributed by atoms with Crippen LogP contribution in [0.2, 0.25) is 0 Å². The van der Waals surface area contributed by atoms with Crippen LogP contribution >= 0.6 is 11.3 Å². The number of nitrogens with zero attached hydrogens (tertiary/aromatic N) is 2. The Balaban J connectivity index is 1.67. The Morgan fingerprint density at radius 2 is 1.95 bits per heavy atom. The molecule has 10 heteroatoms. The highest BCUT2D eigenvalue weighted by molar-refractivity contribution is 7.07. The van der Waals surface area contributed by atoms with Crippen LogP contribution in [-0.4, -0.2) is 37.1 Å². The number of aromatic nitrogens is 1. The van der Waals surface area contributed by atoms with Crippen molar-refractivity contribution in [3.63, 3.8) is 0 Å². The molecule has 3 aromatic rings. The van der Waals surface area contributed by atoms with E-state index in [-0.39, 0.29) is 19.0 Å². The SMILES string of the molecule is C=CCOc1ccc(C2C(C(=O)OCC)=C(C)N=c3s/c(=C\c4ccc5c(c4)OCO5)c(=O)n32)cc1OCC. The Morgan fingerprint density at radius 1 is 1.13 bits per heavy atom. The molecule has 39 heavy (non-hydrogen) atoms. The number of thiazole rings is 1. The summed E-state index contributed by atoms with van der Waals surface area (Å²) in [5, 5.41) is 0. The van der Waals surface area contributed by atoms with Crippen LogP contribution in [-0.2, 0) is 9.53 Å². The highest BCUT2D eigenvalue weighted by Gasteiger charge is 2.34. The normalized spacial score (nSPS) is 16.0. The summed E-state index contributed by atoms with van der Waals surface area (Å²) in [7, 11) is 0. The van der Waals surface area contributed by atoms with E-state index in [1.165, 1.54) is 15.9 Å². The second-order valence-electron chi connectivity index (χ2n) is 8.65. The number of carbonyl (C=O) groups excluding carboxylic acids is 1. The minimum absolute atomic E-state index is 0.165. The van der Waals surface area contributed by atoms with Gasteiger partial charge in [-0.3, -0.25) is 9.36 Å². The third-order valence-corrected chi connectivity index (χ3v) is 7.13. The van der Waals surface area contributed by atoms with Gasteiger partial charge in [0.15, 0.2) is 27.8 Å². The Hall–Kier alpha value is -4.31. The number of esters is 1. The summed E-state index contributed by atoms with van der Waals surface area (Å²) < 4.78 is 29.9. The molecule has 3 heterocycles. The van der Waals surface area contributed by atoms with E-state index in [0.717, 1.165) is 5.56 Å². The van der Waals surface area contributed by atoms with Gasteiger partial charge in [-0.05, 0) is 62.2 Å². The first-order valence-corrected chi connectivity index (χ1v) is 13.4. The number of carbonyl (C=O) groups is 1. The zero-order valence-corrected chi connectivity index (χ0v) is 22.7. The van der Waals surface area contributed by atoms with Gasteiger partial charge >= 0.3 is 5.97 Å². The fourth-order valence-corrected chi connectivity index (χ4v) is 5.54.